The molecule has 0 unspecified atom stereocenters. The molecule has 0 saturated carbocycles. The Labute approximate surface area is 63.3 Å². The van der Waals surface area contributed by atoms with E-state index >= 15 is 0 Å². The Morgan fingerprint density at radius 3 is 2.78 bits per heavy atom. The normalized spacial score (nSPS) is 9.56. The van der Waals surface area contributed by atoms with Gasteiger partial charge in [0.15, 0.2) is 0 Å². The molecule has 47 valence electrons. The molecule has 1 aromatic carbocycles. The van der Waals surface area contributed by atoms with E-state index in [1.807, 2.05) is 6.07 Å². The van der Waals surface area contributed by atoms with E-state index in [-0.39, 0.29) is 0 Å². The number of benzene rings is 1. The number of hydrogen-bond acceptors (Lipinski definition) is 2. The lowest BCUT2D eigenvalue weighted by atomic mass is 10.4. The second-order valence-electron chi connectivity index (χ2n) is 1.49. The smallest absolute Gasteiger partial charge is 0.0485 e. The Morgan fingerprint density at radius 2 is 2.33 bits per heavy atom. The number of rotatable bonds is 1. The Morgan fingerprint density at radius 1 is 1.56 bits per heavy atom. The lowest BCUT2D eigenvalue weighted by Crippen LogP contribution is -1.77. The van der Waals surface area contributed by atoms with Crippen molar-refractivity contribution < 1.29 is 0 Å². The van der Waals surface area contributed by atoms with E-state index in [2.05, 4.69) is 6.07 Å². The summed E-state index contributed by atoms with van der Waals surface area (Å²) in [4.78, 5) is 0.972. The van der Waals surface area contributed by atoms with Crippen LogP contribution in [0.25, 0.3) is 0 Å². The summed E-state index contributed by atoms with van der Waals surface area (Å²) in [5, 5.41) is 5.87. The van der Waals surface area contributed by atoms with Gasteiger partial charge in [-0.3, -0.25) is 5.14 Å². The summed E-state index contributed by atoms with van der Waals surface area (Å²) < 4.78 is 0. The second kappa shape index (κ2) is 3.11. The summed E-state index contributed by atoms with van der Waals surface area (Å²) in [5.74, 6) is 0. The van der Waals surface area contributed by atoms with Crippen LogP contribution in [0.4, 0.5) is 0 Å². The summed E-state index contributed by atoms with van der Waals surface area (Å²) in [5.41, 5.74) is 0. The number of nitrogens with two attached hydrogens (primary N) is 1. The first-order valence-corrected chi connectivity index (χ1v) is 3.62. The molecule has 0 heterocycles. The molecule has 0 aliphatic carbocycles. The summed E-state index contributed by atoms with van der Waals surface area (Å²) >= 11 is 6.75. The predicted molar refractivity (Wildman–Crippen MR) is 40.3 cm³/mol. The average molecular weight is 159 g/mol. The van der Waals surface area contributed by atoms with Gasteiger partial charge in [0.2, 0.25) is 0 Å². The van der Waals surface area contributed by atoms with Crippen molar-refractivity contribution in [1.82, 2.24) is 0 Å². The zero-order valence-electron chi connectivity index (χ0n) is 4.60. The van der Waals surface area contributed by atoms with Crippen LogP contribution in [0.1, 0.15) is 0 Å². The zero-order valence-corrected chi connectivity index (χ0v) is 6.17. The Kier molecular flexibility index (Phi) is 2.39. The maximum absolute atomic E-state index is 5.56. The van der Waals surface area contributed by atoms with E-state index in [0.717, 1.165) is 4.90 Å². The Bertz CT molecular complexity index is 185. The van der Waals surface area contributed by atoms with Gasteiger partial charge in [-0.1, -0.05) is 11.6 Å². The predicted octanol–water partition coefficient (Wildman–Crippen LogP) is 2.11. The van der Waals surface area contributed by atoms with Gasteiger partial charge in [-0.2, -0.15) is 0 Å². The van der Waals surface area contributed by atoms with Crippen molar-refractivity contribution in [1.29, 1.82) is 0 Å². The molecule has 0 atom stereocenters. The lowest BCUT2D eigenvalue weighted by molar-refractivity contribution is 1.45. The Balaban J connectivity index is 2.88. The third kappa shape index (κ3) is 1.90. The van der Waals surface area contributed by atoms with Gasteiger partial charge in [0, 0.05) is 16.0 Å². The monoisotopic (exact) mass is 158 g/mol. The van der Waals surface area contributed by atoms with Crippen LogP contribution in [0, 0.1) is 6.07 Å². The zero-order chi connectivity index (χ0) is 6.69. The maximum Gasteiger partial charge on any atom is 0.0485 e. The Hall–Kier alpha value is -0.180. The fourth-order valence-electron chi connectivity index (χ4n) is 0.465. The molecule has 0 saturated heterocycles. The summed E-state index contributed by atoms with van der Waals surface area (Å²) in [6.07, 6.45) is 0. The number of halogens is 1. The van der Waals surface area contributed by atoms with Gasteiger partial charge in [0.25, 0.3) is 0 Å². The van der Waals surface area contributed by atoms with Crippen LogP contribution < -0.4 is 5.14 Å². The molecule has 0 bridgehead atoms. The van der Waals surface area contributed by atoms with Gasteiger partial charge in [-0.25, -0.2) is 0 Å². The summed E-state index contributed by atoms with van der Waals surface area (Å²) in [6, 6.07) is 8.18. The van der Waals surface area contributed by atoms with Gasteiger partial charge < -0.3 is 0 Å². The molecular formula is C6H5ClNS. The van der Waals surface area contributed by atoms with Crippen molar-refractivity contribution in [2.45, 2.75) is 4.90 Å². The van der Waals surface area contributed by atoms with E-state index in [1.165, 1.54) is 11.9 Å². The van der Waals surface area contributed by atoms with E-state index in [9.17, 15) is 0 Å². The van der Waals surface area contributed by atoms with Crippen LogP contribution in [-0.2, 0) is 0 Å². The van der Waals surface area contributed by atoms with Gasteiger partial charge in [0.1, 0.15) is 0 Å². The quantitative estimate of drug-likeness (QED) is 0.634. The topological polar surface area (TPSA) is 26.0 Å². The van der Waals surface area contributed by atoms with E-state index in [0.29, 0.717) is 5.02 Å². The summed E-state index contributed by atoms with van der Waals surface area (Å²) in [6.45, 7) is 0. The molecule has 0 aliphatic heterocycles. The fourth-order valence-corrected chi connectivity index (χ4v) is 0.856. The van der Waals surface area contributed by atoms with E-state index in [4.69, 9.17) is 16.7 Å². The van der Waals surface area contributed by atoms with Crippen molar-refractivity contribution in [3.63, 3.8) is 0 Å². The molecule has 1 aromatic rings. The second-order valence-corrected chi connectivity index (χ2v) is 2.60. The van der Waals surface area contributed by atoms with Crippen molar-refractivity contribution in [3.05, 3.63) is 29.3 Å². The minimum atomic E-state index is 0.618. The van der Waals surface area contributed by atoms with Crippen molar-refractivity contribution in [3.8, 4) is 0 Å². The third-order valence-corrected chi connectivity index (χ3v) is 1.64. The highest BCUT2D eigenvalue weighted by Crippen LogP contribution is 2.14. The first-order chi connectivity index (χ1) is 4.33. The first kappa shape index (κ1) is 6.93. The van der Waals surface area contributed by atoms with Crippen molar-refractivity contribution >= 4 is 23.5 Å². The highest BCUT2D eigenvalue weighted by atomic mass is 35.5. The van der Waals surface area contributed by atoms with Crippen LogP contribution in [0.3, 0.4) is 0 Å². The molecule has 0 amide bonds. The van der Waals surface area contributed by atoms with Crippen LogP contribution in [0.5, 0.6) is 0 Å². The molecule has 0 fully saturated rings. The van der Waals surface area contributed by atoms with E-state index in [1.54, 1.807) is 12.1 Å². The minimum absolute atomic E-state index is 0.618. The number of hydrogen-bond donors (Lipinski definition) is 1. The largest absolute Gasteiger partial charge is 0.274 e. The van der Waals surface area contributed by atoms with Crippen LogP contribution in [0.15, 0.2) is 23.1 Å². The van der Waals surface area contributed by atoms with Gasteiger partial charge >= 0.3 is 0 Å². The molecule has 9 heavy (non-hydrogen) atoms. The fraction of sp³-hybridized carbons (Fsp3) is 0. The molecule has 0 aliphatic rings. The molecule has 0 spiro atoms. The minimum Gasteiger partial charge on any atom is -0.274 e. The molecule has 1 rings (SSSR count). The highest BCUT2D eigenvalue weighted by Gasteiger charge is 1.88. The molecule has 0 aromatic heterocycles. The van der Waals surface area contributed by atoms with Crippen molar-refractivity contribution in [2.24, 2.45) is 5.14 Å². The summed E-state index contributed by atoms with van der Waals surface area (Å²) in [7, 11) is 0. The highest BCUT2D eigenvalue weighted by molar-refractivity contribution is 7.97. The molecular weight excluding hydrogens is 154 g/mol. The SMILES string of the molecule is NSc1c[c]c(Cl)cc1. The average Bonchev–Trinajstić information content (AvgIpc) is 1.90. The van der Waals surface area contributed by atoms with Gasteiger partial charge in [-0.05, 0) is 30.1 Å². The standard InChI is InChI=1S/C6H5ClNS/c7-5-1-3-6(9-8)4-2-5/h1,3-4H,8H2. The van der Waals surface area contributed by atoms with Crippen LogP contribution in [0.2, 0.25) is 5.02 Å². The molecule has 2 N–H and O–H groups in total. The molecule has 1 nitrogen and oxygen atoms in total. The maximum atomic E-state index is 5.56. The molecule has 1 radical (unpaired) electrons. The van der Waals surface area contributed by atoms with Crippen molar-refractivity contribution in [2.75, 3.05) is 0 Å². The first-order valence-electron chi connectivity index (χ1n) is 2.37. The van der Waals surface area contributed by atoms with Crippen LogP contribution >= 0.6 is 23.5 Å². The molecule has 3 heteroatoms. The third-order valence-electron chi connectivity index (χ3n) is 0.882. The van der Waals surface area contributed by atoms with Crippen LogP contribution in [-0.4, -0.2) is 0 Å². The van der Waals surface area contributed by atoms with Gasteiger partial charge in [0.05, 0.1) is 0 Å². The lowest BCUT2D eigenvalue weighted by Gasteiger charge is -1.91. The van der Waals surface area contributed by atoms with E-state index < -0.39 is 0 Å². The van der Waals surface area contributed by atoms with Gasteiger partial charge in [-0.15, -0.1) is 0 Å².